The van der Waals surface area contributed by atoms with E-state index in [1.807, 2.05) is 0 Å². The fourth-order valence-corrected chi connectivity index (χ4v) is 2.25. The Balaban J connectivity index is 2.06. The molecule has 2 amide bonds. The molecule has 0 aliphatic heterocycles. The largest absolute Gasteiger partial charge is 0.354 e. The van der Waals surface area contributed by atoms with Crippen molar-refractivity contribution in [2.75, 3.05) is 12.4 Å². The van der Waals surface area contributed by atoms with Gasteiger partial charge in [0.2, 0.25) is 5.91 Å². The summed E-state index contributed by atoms with van der Waals surface area (Å²) in [5, 5.41) is 13.4. The highest BCUT2D eigenvalue weighted by Crippen LogP contribution is 2.15. The van der Waals surface area contributed by atoms with E-state index in [1.165, 1.54) is 11.7 Å². The average Bonchev–Trinajstić information content (AvgIpc) is 3.03. The van der Waals surface area contributed by atoms with Gasteiger partial charge >= 0.3 is 0 Å². The van der Waals surface area contributed by atoms with Crippen molar-refractivity contribution in [3.8, 4) is 0 Å². The topological polar surface area (TPSA) is 93.8 Å². The smallest absolute Gasteiger partial charge is 0.273 e. The average molecular weight is 369 g/mol. The lowest BCUT2D eigenvalue weighted by Gasteiger charge is -2.12. The predicted molar refractivity (Wildman–Crippen MR) is 84.3 cm³/mol. The van der Waals surface area contributed by atoms with Crippen molar-refractivity contribution in [3.63, 3.8) is 0 Å². The summed E-state index contributed by atoms with van der Waals surface area (Å²) in [6.07, 6.45) is 5.05. The van der Waals surface area contributed by atoms with E-state index in [0.717, 1.165) is 4.47 Å². The fraction of sp³-hybridized carbons (Fsp3) is 0.385. The van der Waals surface area contributed by atoms with Crippen LogP contribution in [-0.4, -0.2) is 38.4 Å². The van der Waals surface area contributed by atoms with Crippen LogP contribution in [0.2, 0.25) is 0 Å². The third-order valence-corrected chi connectivity index (χ3v) is 3.45. The van der Waals surface area contributed by atoms with Crippen molar-refractivity contribution in [1.82, 2.24) is 24.9 Å². The van der Waals surface area contributed by atoms with Crippen LogP contribution in [0.5, 0.6) is 0 Å². The zero-order chi connectivity index (χ0) is 16.3. The normalized spacial score (nSPS) is 12.0. The molecule has 2 heterocycles. The third-order valence-electron chi connectivity index (χ3n) is 3.04. The second kappa shape index (κ2) is 6.73. The minimum absolute atomic E-state index is 0.187. The highest BCUT2D eigenvalue weighted by Gasteiger charge is 2.20. The van der Waals surface area contributed by atoms with Crippen LogP contribution in [0.1, 0.15) is 17.4 Å². The number of nitrogens with one attached hydrogen (secondary N) is 2. The zero-order valence-corrected chi connectivity index (χ0v) is 14.1. The van der Waals surface area contributed by atoms with Gasteiger partial charge in [-0.05, 0) is 15.9 Å². The van der Waals surface area contributed by atoms with E-state index >= 15 is 0 Å². The number of aryl methyl sites for hydroxylation is 1. The maximum atomic E-state index is 12.3. The number of carbonyl (C=O) groups is 2. The number of hydrogen-bond acceptors (Lipinski definition) is 4. The Labute approximate surface area is 136 Å². The van der Waals surface area contributed by atoms with E-state index in [4.69, 9.17) is 0 Å². The molecule has 2 rings (SSSR count). The molecule has 2 N–H and O–H groups in total. The number of hydrogen-bond donors (Lipinski definition) is 2. The van der Waals surface area contributed by atoms with E-state index in [-0.39, 0.29) is 23.4 Å². The van der Waals surface area contributed by atoms with Gasteiger partial charge in [-0.15, -0.1) is 0 Å². The summed E-state index contributed by atoms with van der Waals surface area (Å²) >= 11 is 3.31. The molecule has 0 aromatic carbocycles. The Kier molecular flexibility index (Phi) is 4.96. The molecule has 0 spiro atoms. The van der Waals surface area contributed by atoms with Crippen molar-refractivity contribution >= 4 is 33.4 Å². The van der Waals surface area contributed by atoms with Gasteiger partial charge in [-0.25, -0.2) is 0 Å². The molecule has 22 heavy (non-hydrogen) atoms. The van der Waals surface area contributed by atoms with Crippen LogP contribution in [-0.2, 0) is 18.4 Å². The van der Waals surface area contributed by atoms with Crippen molar-refractivity contribution in [3.05, 3.63) is 28.8 Å². The van der Waals surface area contributed by atoms with Crippen LogP contribution < -0.4 is 10.6 Å². The van der Waals surface area contributed by atoms with Gasteiger partial charge in [0.15, 0.2) is 5.69 Å². The van der Waals surface area contributed by atoms with Crippen LogP contribution in [0.15, 0.2) is 23.1 Å². The first kappa shape index (κ1) is 16.2. The predicted octanol–water partition coefficient (Wildman–Crippen LogP) is 1.01. The summed E-state index contributed by atoms with van der Waals surface area (Å²) < 4.78 is 4.02. The molecule has 9 heteroatoms. The summed E-state index contributed by atoms with van der Waals surface area (Å²) in [6, 6.07) is 0. The molecule has 1 unspecified atom stereocenters. The summed E-state index contributed by atoms with van der Waals surface area (Å²) in [5.74, 6) is -0.867. The maximum absolute atomic E-state index is 12.3. The lowest BCUT2D eigenvalue weighted by Crippen LogP contribution is -2.26. The van der Waals surface area contributed by atoms with Gasteiger partial charge in [0.25, 0.3) is 5.91 Å². The van der Waals surface area contributed by atoms with Gasteiger partial charge in [0.05, 0.1) is 28.8 Å². The molecule has 0 saturated heterocycles. The van der Waals surface area contributed by atoms with Gasteiger partial charge in [-0.2, -0.15) is 10.2 Å². The number of halogens is 1. The summed E-state index contributed by atoms with van der Waals surface area (Å²) in [6.45, 7) is 2.23. The van der Waals surface area contributed by atoms with E-state index in [2.05, 4.69) is 36.8 Å². The molecule has 0 fully saturated rings. The number of carbonyl (C=O) groups excluding carboxylic acids is 2. The molecule has 118 valence electrons. The Morgan fingerprint density at radius 3 is 2.73 bits per heavy atom. The first-order valence-corrected chi connectivity index (χ1v) is 7.44. The molecule has 8 nitrogen and oxygen atoms in total. The van der Waals surface area contributed by atoms with Crippen LogP contribution in [0.25, 0.3) is 0 Å². The van der Waals surface area contributed by atoms with Crippen LogP contribution in [0.4, 0.5) is 5.69 Å². The van der Waals surface area contributed by atoms with Crippen molar-refractivity contribution < 1.29 is 9.59 Å². The minimum atomic E-state index is -0.348. The van der Waals surface area contributed by atoms with Crippen LogP contribution >= 0.6 is 15.9 Å². The van der Waals surface area contributed by atoms with Crippen molar-refractivity contribution in [2.45, 2.75) is 13.5 Å². The standard InChI is InChI=1S/C13H17BrN6O2/c1-8(5-20-6-9(14)4-16-20)12(21)17-10-7-19(3)18-11(10)13(22)15-2/h4,6-8H,5H2,1-3H3,(H,15,22)(H,17,21). The molecule has 1 atom stereocenters. The lowest BCUT2D eigenvalue weighted by atomic mass is 10.1. The summed E-state index contributed by atoms with van der Waals surface area (Å²) in [4.78, 5) is 24.0. The van der Waals surface area contributed by atoms with Crippen LogP contribution in [0.3, 0.4) is 0 Å². The number of rotatable bonds is 5. The van der Waals surface area contributed by atoms with Gasteiger partial charge in [-0.1, -0.05) is 6.92 Å². The Hall–Kier alpha value is -2.16. The van der Waals surface area contributed by atoms with E-state index < -0.39 is 0 Å². The van der Waals surface area contributed by atoms with E-state index in [9.17, 15) is 9.59 Å². The molecule has 0 saturated carbocycles. The number of anilines is 1. The highest BCUT2D eigenvalue weighted by molar-refractivity contribution is 9.10. The summed E-state index contributed by atoms with van der Waals surface area (Å²) in [7, 11) is 3.20. The van der Waals surface area contributed by atoms with Gasteiger partial charge in [0, 0.05) is 26.5 Å². The van der Waals surface area contributed by atoms with Gasteiger partial charge in [-0.3, -0.25) is 19.0 Å². The second-order valence-corrected chi connectivity index (χ2v) is 5.83. The maximum Gasteiger partial charge on any atom is 0.273 e. The Bertz CT molecular complexity index is 693. The second-order valence-electron chi connectivity index (χ2n) is 4.92. The Morgan fingerprint density at radius 2 is 2.14 bits per heavy atom. The molecular formula is C13H17BrN6O2. The first-order chi connectivity index (χ1) is 10.4. The van der Waals surface area contributed by atoms with E-state index in [1.54, 1.807) is 37.2 Å². The Morgan fingerprint density at radius 1 is 1.41 bits per heavy atom. The fourth-order valence-electron chi connectivity index (χ4n) is 1.92. The van der Waals surface area contributed by atoms with Gasteiger partial charge in [0.1, 0.15) is 0 Å². The zero-order valence-electron chi connectivity index (χ0n) is 12.5. The van der Waals surface area contributed by atoms with Gasteiger partial charge < -0.3 is 10.6 Å². The molecular weight excluding hydrogens is 352 g/mol. The third kappa shape index (κ3) is 3.73. The highest BCUT2D eigenvalue weighted by atomic mass is 79.9. The number of aromatic nitrogens is 4. The van der Waals surface area contributed by atoms with Crippen LogP contribution in [0, 0.1) is 5.92 Å². The number of nitrogens with zero attached hydrogens (tertiary/aromatic N) is 4. The lowest BCUT2D eigenvalue weighted by molar-refractivity contribution is -0.119. The van der Waals surface area contributed by atoms with Crippen molar-refractivity contribution in [1.29, 1.82) is 0 Å². The molecule has 0 aliphatic carbocycles. The van der Waals surface area contributed by atoms with Crippen molar-refractivity contribution in [2.24, 2.45) is 13.0 Å². The monoisotopic (exact) mass is 368 g/mol. The molecule has 0 bridgehead atoms. The summed E-state index contributed by atoms with van der Waals surface area (Å²) in [5.41, 5.74) is 0.577. The van der Waals surface area contributed by atoms with E-state index in [0.29, 0.717) is 12.2 Å². The molecule has 2 aromatic rings. The number of amides is 2. The molecule has 0 radical (unpaired) electrons. The quantitative estimate of drug-likeness (QED) is 0.823. The minimum Gasteiger partial charge on any atom is -0.354 e. The molecule has 0 aliphatic rings. The SMILES string of the molecule is CNC(=O)c1nn(C)cc1NC(=O)C(C)Cn1cc(Br)cn1. The first-order valence-electron chi connectivity index (χ1n) is 6.65. The molecule has 2 aromatic heterocycles.